The van der Waals surface area contributed by atoms with E-state index in [0.29, 0.717) is 5.75 Å². The number of fused-ring (bicyclic) bond motifs is 1. The van der Waals surface area contributed by atoms with Crippen LogP contribution in [0.25, 0.3) is 0 Å². The van der Waals surface area contributed by atoms with Crippen molar-refractivity contribution >= 4 is 11.9 Å². The second-order valence-corrected chi connectivity index (χ2v) is 8.55. The third-order valence-electron chi connectivity index (χ3n) is 6.52. The van der Waals surface area contributed by atoms with Gasteiger partial charge in [-0.15, -0.1) is 13.2 Å². The minimum Gasteiger partial charge on any atom is -0.504 e. The van der Waals surface area contributed by atoms with Crippen molar-refractivity contribution in [1.82, 2.24) is 4.90 Å². The fraction of sp³-hybridized carbons (Fsp3) is 0.417. The Morgan fingerprint density at radius 1 is 1.09 bits per heavy atom. The van der Waals surface area contributed by atoms with Crippen LogP contribution in [0.15, 0.2) is 36.4 Å². The van der Waals surface area contributed by atoms with Gasteiger partial charge in [-0.2, -0.15) is 0 Å². The first kappa shape index (κ1) is 26.1. The Bertz CT molecular complexity index is 1070. The van der Waals surface area contributed by atoms with Gasteiger partial charge in [0.05, 0.1) is 7.11 Å². The Morgan fingerprint density at radius 2 is 1.69 bits per heavy atom. The SMILES string of the molecule is COc1cc2c(cc1O)C(C1(c3ccc(OC(F)(F)F)cc3)CCC1)N(C)CC2.O=C(O)C(=O)O. The van der Waals surface area contributed by atoms with Crippen molar-refractivity contribution in [1.29, 1.82) is 0 Å². The van der Waals surface area contributed by atoms with Crippen LogP contribution in [0.2, 0.25) is 0 Å². The van der Waals surface area contributed by atoms with Gasteiger partial charge in [-0.3, -0.25) is 4.90 Å². The van der Waals surface area contributed by atoms with Crippen LogP contribution in [0.5, 0.6) is 17.2 Å². The maximum atomic E-state index is 12.5. The smallest absolute Gasteiger partial charge is 0.504 e. The number of likely N-dealkylation sites (N-methyl/N-ethyl adjacent to an activating group) is 1. The number of aromatic hydroxyl groups is 1. The molecule has 1 heterocycles. The number of phenols is 1. The Labute approximate surface area is 199 Å². The molecule has 0 aromatic heterocycles. The average Bonchev–Trinajstić information content (AvgIpc) is 2.74. The summed E-state index contributed by atoms with van der Waals surface area (Å²) in [5.41, 5.74) is 3.00. The fourth-order valence-corrected chi connectivity index (χ4v) is 4.91. The molecule has 1 atom stereocenters. The molecule has 4 rings (SSSR count). The second-order valence-electron chi connectivity index (χ2n) is 8.55. The normalized spacial score (nSPS) is 18.8. The summed E-state index contributed by atoms with van der Waals surface area (Å²) in [7, 11) is 3.60. The number of methoxy groups -OCH3 is 1. The molecule has 11 heteroatoms. The van der Waals surface area contributed by atoms with E-state index in [4.69, 9.17) is 24.5 Å². The maximum Gasteiger partial charge on any atom is 0.573 e. The minimum atomic E-state index is -4.70. The van der Waals surface area contributed by atoms with Crippen molar-refractivity contribution in [3.05, 3.63) is 53.1 Å². The van der Waals surface area contributed by atoms with Crippen LogP contribution in [0.4, 0.5) is 13.2 Å². The Kier molecular flexibility index (Phi) is 7.49. The molecular weight excluding hydrogens is 471 g/mol. The third kappa shape index (κ3) is 5.61. The number of alkyl halides is 3. The molecule has 0 bridgehead atoms. The molecule has 35 heavy (non-hydrogen) atoms. The molecule has 1 fully saturated rings. The van der Waals surface area contributed by atoms with E-state index in [-0.39, 0.29) is 23.0 Å². The number of nitrogens with zero attached hydrogens (tertiary/aromatic N) is 1. The van der Waals surface area contributed by atoms with Crippen molar-refractivity contribution in [2.45, 2.75) is 43.5 Å². The molecule has 0 radical (unpaired) electrons. The van der Waals surface area contributed by atoms with Crippen LogP contribution < -0.4 is 9.47 Å². The second kappa shape index (κ2) is 10.0. The van der Waals surface area contributed by atoms with E-state index >= 15 is 0 Å². The predicted octanol–water partition coefficient (Wildman–Crippen LogP) is 4.11. The first-order valence-electron chi connectivity index (χ1n) is 10.8. The molecule has 1 aliphatic heterocycles. The zero-order chi connectivity index (χ0) is 26.0. The topological polar surface area (TPSA) is 117 Å². The average molecular weight is 497 g/mol. The molecule has 3 N–H and O–H groups in total. The van der Waals surface area contributed by atoms with Crippen LogP contribution >= 0.6 is 0 Å². The predicted molar refractivity (Wildman–Crippen MR) is 118 cm³/mol. The Balaban J connectivity index is 0.000000509. The highest BCUT2D eigenvalue weighted by atomic mass is 19.4. The Morgan fingerprint density at radius 3 is 2.14 bits per heavy atom. The quantitative estimate of drug-likeness (QED) is 0.541. The number of aliphatic carboxylic acids is 2. The van der Waals surface area contributed by atoms with Crippen molar-refractivity contribution in [3.63, 3.8) is 0 Å². The molecule has 1 aliphatic carbocycles. The van der Waals surface area contributed by atoms with Crippen molar-refractivity contribution in [3.8, 4) is 17.2 Å². The van der Waals surface area contributed by atoms with Gasteiger partial charge in [0.15, 0.2) is 11.5 Å². The lowest BCUT2D eigenvalue weighted by molar-refractivity contribution is -0.274. The lowest BCUT2D eigenvalue weighted by Crippen LogP contribution is -2.49. The number of hydrogen-bond donors (Lipinski definition) is 3. The fourth-order valence-electron chi connectivity index (χ4n) is 4.91. The van der Waals surface area contributed by atoms with Gasteiger partial charge in [0.1, 0.15) is 5.75 Å². The van der Waals surface area contributed by atoms with E-state index in [9.17, 15) is 18.3 Å². The van der Waals surface area contributed by atoms with Crippen LogP contribution in [-0.4, -0.2) is 59.2 Å². The van der Waals surface area contributed by atoms with Crippen molar-refractivity contribution < 1.29 is 47.6 Å². The standard InChI is InChI=1S/C22H24F3NO3.C2H2O4/c1-26-11-8-14-12-19(28-2)18(27)13-17(14)20(26)21(9-3-10-21)15-4-6-16(7-5-15)29-22(23,24)25;3-1(4)2(5)6/h4-7,12-13,20,27H,3,8-11H2,1-2H3;(H,3,4)(H,5,6). The molecule has 1 unspecified atom stereocenters. The number of benzene rings is 2. The van der Waals surface area contributed by atoms with Gasteiger partial charge in [0.2, 0.25) is 0 Å². The number of phenolic OH excluding ortho intramolecular Hbond substituents is 1. The van der Waals surface area contributed by atoms with Gasteiger partial charge in [0, 0.05) is 18.0 Å². The lowest BCUT2D eigenvalue weighted by Gasteiger charge is -2.53. The largest absolute Gasteiger partial charge is 0.573 e. The van der Waals surface area contributed by atoms with Crippen LogP contribution in [0, 0.1) is 0 Å². The summed E-state index contributed by atoms with van der Waals surface area (Å²) in [5.74, 6) is -3.29. The monoisotopic (exact) mass is 497 g/mol. The van der Waals surface area contributed by atoms with Gasteiger partial charge >= 0.3 is 18.3 Å². The molecule has 2 aromatic carbocycles. The third-order valence-corrected chi connectivity index (χ3v) is 6.52. The number of halogens is 3. The number of carboxylic acids is 2. The Hall–Kier alpha value is -3.47. The summed E-state index contributed by atoms with van der Waals surface area (Å²) in [6, 6.07) is 9.98. The van der Waals surface area contributed by atoms with E-state index in [1.54, 1.807) is 18.2 Å². The first-order valence-corrected chi connectivity index (χ1v) is 10.8. The van der Waals surface area contributed by atoms with Gasteiger partial charge in [0.25, 0.3) is 0 Å². The molecule has 8 nitrogen and oxygen atoms in total. The first-order chi connectivity index (χ1) is 16.4. The highest BCUT2D eigenvalue weighted by Gasteiger charge is 2.49. The number of rotatable bonds is 4. The molecule has 1 saturated carbocycles. The van der Waals surface area contributed by atoms with Crippen LogP contribution in [0.3, 0.4) is 0 Å². The summed E-state index contributed by atoms with van der Waals surface area (Å²) < 4.78 is 46.8. The zero-order valence-electron chi connectivity index (χ0n) is 19.1. The van der Waals surface area contributed by atoms with E-state index in [1.165, 1.54) is 19.2 Å². The molecule has 0 spiro atoms. The van der Waals surface area contributed by atoms with Gasteiger partial charge in [-0.1, -0.05) is 18.6 Å². The minimum absolute atomic E-state index is 0.0335. The molecule has 0 amide bonds. The molecule has 190 valence electrons. The highest BCUT2D eigenvalue weighted by Crippen LogP contribution is 2.56. The summed E-state index contributed by atoms with van der Waals surface area (Å²) >= 11 is 0. The molecule has 2 aliphatic rings. The summed E-state index contributed by atoms with van der Waals surface area (Å²) in [6.45, 7) is 0.864. The van der Waals surface area contributed by atoms with Crippen molar-refractivity contribution in [2.75, 3.05) is 20.7 Å². The summed E-state index contributed by atoms with van der Waals surface area (Å²) in [6.07, 6.45) is -0.910. The molecular formula is C24H26F3NO7. The lowest BCUT2D eigenvalue weighted by atomic mass is 9.57. The van der Waals surface area contributed by atoms with Gasteiger partial charge in [-0.25, -0.2) is 9.59 Å². The van der Waals surface area contributed by atoms with Gasteiger partial charge < -0.3 is 24.8 Å². The molecule has 0 saturated heterocycles. The maximum absolute atomic E-state index is 12.5. The zero-order valence-corrected chi connectivity index (χ0v) is 19.1. The molecule has 2 aromatic rings. The van der Waals surface area contributed by atoms with E-state index in [2.05, 4.69) is 16.7 Å². The summed E-state index contributed by atoms with van der Waals surface area (Å²) in [5, 5.41) is 25.2. The van der Waals surface area contributed by atoms with E-state index < -0.39 is 18.3 Å². The van der Waals surface area contributed by atoms with Crippen LogP contribution in [-0.2, 0) is 21.4 Å². The summed E-state index contributed by atoms with van der Waals surface area (Å²) in [4.78, 5) is 20.5. The number of hydrogen-bond acceptors (Lipinski definition) is 6. The number of carboxylic acid groups (broad SMARTS) is 2. The van der Waals surface area contributed by atoms with E-state index in [0.717, 1.165) is 48.9 Å². The number of ether oxygens (including phenoxy) is 2. The van der Waals surface area contributed by atoms with E-state index in [1.807, 2.05) is 6.07 Å². The van der Waals surface area contributed by atoms with Gasteiger partial charge in [-0.05, 0) is 67.3 Å². The van der Waals surface area contributed by atoms with Crippen molar-refractivity contribution in [2.24, 2.45) is 0 Å². The highest BCUT2D eigenvalue weighted by molar-refractivity contribution is 6.27. The number of carbonyl (C=O) groups is 2. The van der Waals surface area contributed by atoms with Crippen LogP contribution in [0.1, 0.15) is 42.0 Å².